The molecule has 0 nitrogen and oxygen atoms in total. The summed E-state index contributed by atoms with van der Waals surface area (Å²) in [6.45, 7) is 1.62. The SMILES string of the molecule is CCCF.F.F. The topological polar surface area (TPSA) is 0 Å². The van der Waals surface area contributed by atoms with E-state index < -0.39 is 0 Å². The maximum Gasteiger partial charge on any atom is 0.0891 e. The molecule has 0 spiro atoms. The predicted octanol–water partition coefficient (Wildman–Crippen LogP) is 1.67. The van der Waals surface area contributed by atoms with Gasteiger partial charge in [-0.05, 0) is 6.42 Å². The van der Waals surface area contributed by atoms with Crippen molar-refractivity contribution in [1.29, 1.82) is 0 Å². The molecule has 0 heterocycles. The molecule has 0 radical (unpaired) electrons. The van der Waals surface area contributed by atoms with Crippen LogP contribution < -0.4 is 0 Å². The second-order valence-electron chi connectivity index (χ2n) is 0.689. The summed E-state index contributed by atoms with van der Waals surface area (Å²) in [5.41, 5.74) is 0. The van der Waals surface area contributed by atoms with Crippen LogP contribution in [0.1, 0.15) is 13.3 Å². The fourth-order valence-corrected chi connectivity index (χ4v) is 0. The lowest BCUT2D eigenvalue weighted by Gasteiger charge is -1.64. The zero-order valence-electron chi connectivity index (χ0n) is 3.61. The van der Waals surface area contributed by atoms with Gasteiger partial charge in [0.25, 0.3) is 0 Å². The van der Waals surface area contributed by atoms with Crippen LogP contribution in [0.2, 0.25) is 0 Å². The predicted molar refractivity (Wildman–Crippen MR) is 21.3 cm³/mol. The Labute approximate surface area is 35.1 Å². The molecular formula is C3H9F3. The van der Waals surface area contributed by atoms with Gasteiger partial charge in [0.1, 0.15) is 0 Å². The molecule has 0 atom stereocenters. The molecule has 0 aliphatic carbocycles. The minimum absolute atomic E-state index is 0. The summed E-state index contributed by atoms with van der Waals surface area (Å²) in [4.78, 5) is 0. The van der Waals surface area contributed by atoms with E-state index in [2.05, 4.69) is 0 Å². The van der Waals surface area contributed by atoms with Crippen LogP contribution in [-0.4, -0.2) is 6.67 Å². The minimum atomic E-state index is -0.181. The normalized spacial score (nSPS) is 5.00. The van der Waals surface area contributed by atoms with Crippen LogP contribution in [0.5, 0.6) is 0 Å². The minimum Gasteiger partial charge on any atom is -0.269 e. The summed E-state index contributed by atoms with van der Waals surface area (Å²) in [7, 11) is 0. The van der Waals surface area contributed by atoms with Gasteiger partial charge in [0.15, 0.2) is 0 Å². The lowest BCUT2D eigenvalue weighted by molar-refractivity contribution is 0.487. The lowest BCUT2D eigenvalue weighted by atomic mass is 10.6. The molecule has 0 aliphatic heterocycles. The van der Waals surface area contributed by atoms with Gasteiger partial charge in [0, 0.05) is 0 Å². The average molecular weight is 102 g/mol. The molecule has 0 unspecified atom stereocenters. The number of rotatable bonds is 1. The standard InChI is InChI=1S/C3H7F.2FH/c1-2-3-4;;/h2-3H2,1H3;2*1H. The van der Waals surface area contributed by atoms with Crippen molar-refractivity contribution < 1.29 is 13.8 Å². The Morgan fingerprint density at radius 2 is 1.50 bits per heavy atom. The second kappa shape index (κ2) is 21.5. The largest absolute Gasteiger partial charge is 0.269 e. The maximum atomic E-state index is 10.7. The Kier molecular flexibility index (Phi) is 61.1. The molecule has 6 heavy (non-hydrogen) atoms. The summed E-state index contributed by atoms with van der Waals surface area (Å²) in [5, 5.41) is 0. The van der Waals surface area contributed by atoms with Crippen LogP contribution in [0.25, 0.3) is 0 Å². The van der Waals surface area contributed by atoms with E-state index in [9.17, 15) is 4.39 Å². The molecular weight excluding hydrogens is 93.0 g/mol. The van der Waals surface area contributed by atoms with Crippen molar-refractivity contribution >= 4 is 0 Å². The Bertz CT molecular complexity index is 8.00. The number of hydrogen-bond acceptors (Lipinski definition) is 0. The molecule has 42 valence electrons. The van der Waals surface area contributed by atoms with Crippen molar-refractivity contribution in [2.75, 3.05) is 6.67 Å². The van der Waals surface area contributed by atoms with E-state index in [1.807, 2.05) is 0 Å². The van der Waals surface area contributed by atoms with E-state index in [1.165, 1.54) is 0 Å². The fraction of sp³-hybridized carbons (Fsp3) is 1.00. The Balaban J connectivity index is -0.0000000450. The molecule has 0 amide bonds. The van der Waals surface area contributed by atoms with Crippen molar-refractivity contribution in [3.8, 4) is 0 Å². The van der Waals surface area contributed by atoms with E-state index in [0.29, 0.717) is 6.42 Å². The third-order valence-electron chi connectivity index (χ3n) is 0.189. The third-order valence-corrected chi connectivity index (χ3v) is 0.189. The van der Waals surface area contributed by atoms with Crippen molar-refractivity contribution in [2.24, 2.45) is 0 Å². The first kappa shape index (κ1) is 17.1. The van der Waals surface area contributed by atoms with Gasteiger partial charge in [0.2, 0.25) is 0 Å². The fourth-order valence-electron chi connectivity index (χ4n) is 0. The molecule has 0 bridgehead atoms. The summed E-state index contributed by atoms with van der Waals surface area (Å²) in [5.74, 6) is 0. The lowest BCUT2D eigenvalue weighted by Crippen LogP contribution is -1.58. The van der Waals surface area contributed by atoms with Crippen LogP contribution >= 0.6 is 0 Å². The highest BCUT2D eigenvalue weighted by Gasteiger charge is 1.60. The highest BCUT2D eigenvalue weighted by Crippen LogP contribution is 1.69. The highest BCUT2D eigenvalue weighted by atomic mass is 19.1. The van der Waals surface area contributed by atoms with Crippen LogP contribution in [0.3, 0.4) is 0 Å². The van der Waals surface area contributed by atoms with Crippen LogP contribution in [0, 0.1) is 0 Å². The Hall–Kier alpha value is -0.210. The first-order valence-electron chi connectivity index (χ1n) is 1.47. The summed E-state index contributed by atoms with van der Waals surface area (Å²) in [6.07, 6.45) is 0.653. The first-order valence-corrected chi connectivity index (χ1v) is 1.47. The maximum absolute atomic E-state index is 10.7. The molecule has 0 aromatic carbocycles. The van der Waals surface area contributed by atoms with Crippen molar-refractivity contribution in [2.45, 2.75) is 13.3 Å². The Morgan fingerprint density at radius 1 is 1.33 bits per heavy atom. The van der Waals surface area contributed by atoms with E-state index in [4.69, 9.17) is 0 Å². The van der Waals surface area contributed by atoms with Crippen molar-refractivity contribution in [3.05, 3.63) is 0 Å². The molecule has 0 aliphatic rings. The van der Waals surface area contributed by atoms with Crippen LogP contribution in [0.15, 0.2) is 0 Å². The summed E-state index contributed by atoms with van der Waals surface area (Å²) in [6, 6.07) is 0. The smallest absolute Gasteiger partial charge is 0.0891 e. The molecule has 0 N–H and O–H groups in total. The van der Waals surface area contributed by atoms with Gasteiger partial charge in [0.05, 0.1) is 6.67 Å². The van der Waals surface area contributed by atoms with Gasteiger partial charge >= 0.3 is 0 Å². The van der Waals surface area contributed by atoms with E-state index in [1.54, 1.807) is 6.92 Å². The molecule has 0 aromatic heterocycles. The van der Waals surface area contributed by atoms with Gasteiger partial charge < -0.3 is 0 Å². The van der Waals surface area contributed by atoms with Crippen molar-refractivity contribution in [3.63, 3.8) is 0 Å². The summed E-state index contributed by atoms with van der Waals surface area (Å²) >= 11 is 0. The van der Waals surface area contributed by atoms with Gasteiger partial charge in [-0.3, -0.25) is 13.8 Å². The van der Waals surface area contributed by atoms with Gasteiger partial charge in [-0.25, -0.2) is 0 Å². The van der Waals surface area contributed by atoms with Crippen LogP contribution in [0.4, 0.5) is 13.8 Å². The molecule has 0 saturated carbocycles. The Morgan fingerprint density at radius 3 is 1.50 bits per heavy atom. The third kappa shape index (κ3) is 47.3. The quantitative estimate of drug-likeness (QED) is 0.472. The van der Waals surface area contributed by atoms with E-state index >= 15 is 0 Å². The zero-order valence-corrected chi connectivity index (χ0v) is 3.61. The van der Waals surface area contributed by atoms with Gasteiger partial charge in [-0.15, -0.1) is 0 Å². The highest BCUT2D eigenvalue weighted by molar-refractivity contribution is 4.11. The average Bonchev–Trinajstić information content (AvgIpc) is 1.37. The van der Waals surface area contributed by atoms with Crippen molar-refractivity contribution in [1.82, 2.24) is 0 Å². The second-order valence-corrected chi connectivity index (χ2v) is 0.689. The monoisotopic (exact) mass is 102 g/mol. The van der Waals surface area contributed by atoms with E-state index in [-0.39, 0.29) is 16.1 Å². The molecule has 0 aromatic rings. The van der Waals surface area contributed by atoms with Gasteiger partial charge in [-0.1, -0.05) is 6.92 Å². The number of halogens is 3. The zero-order chi connectivity index (χ0) is 3.41. The molecule has 0 saturated heterocycles. The first-order chi connectivity index (χ1) is 1.91. The van der Waals surface area contributed by atoms with E-state index in [0.717, 1.165) is 0 Å². The van der Waals surface area contributed by atoms with Crippen LogP contribution in [-0.2, 0) is 0 Å². The number of alkyl halides is 1. The summed E-state index contributed by atoms with van der Waals surface area (Å²) < 4.78 is 10.7. The molecule has 0 fully saturated rings. The molecule has 3 heteroatoms. The number of hydrogen-bond donors (Lipinski definition) is 0. The van der Waals surface area contributed by atoms with Gasteiger partial charge in [-0.2, -0.15) is 0 Å². The molecule has 0 rings (SSSR count).